The maximum Gasteiger partial charge on any atom is 0.0788 e. The molecule has 10 aromatic rings. The van der Waals surface area contributed by atoms with E-state index in [0.717, 1.165) is 27.8 Å². The Morgan fingerprint density at radius 1 is 0.375 bits per heavy atom. The minimum atomic E-state index is 0. The maximum atomic E-state index is 5.22. The molecule has 0 aliphatic heterocycles. The number of fused-ring (bicyclic) bond motifs is 9. The van der Waals surface area contributed by atoms with Gasteiger partial charge in [0.25, 0.3) is 0 Å². The molecule has 2 aromatic heterocycles. The predicted octanol–water partition coefficient (Wildman–Crippen LogP) is 12.8. The van der Waals surface area contributed by atoms with Crippen molar-refractivity contribution in [3.05, 3.63) is 170 Å². The molecule has 0 aliphatic carbocycles. The molecule has 10 rings (SSSR count). The largest absolute Gasteiger partial charge is 0.309 e. The lowest BCUT2D eigenvalue weighted by molar-refractivity contribution is 1.18. The molecule has 226 valence electrons. The number of aromatic nitrogens is 2. The summed E-state index contributed by atoms with van der Waals surface area (Å²) in [6.45, 7) is 0. The van der Waals surface area contributed by atoms with Crippen molar-refractivity contribution in [1.82, 2.24) is 9.55 Å². The fourth-order valence-corrected chi connectivity index (χ4v) is 7.59. The number of hydrogen-bond acceptors (Lipinski definition) is 1. The van der Waals surface area contributed by atoms with Crippen LogP contribution in [-0.4, -0.2) is 9.55 Å². The topological polar surface area (TPSA) is 17.8 Å². The molecule has 8 aromatic carbocycles. The van der Waals surface area contributed by atoms with Crippen molar-refractivity contribution in [3.8, 4) is 28.1 Å². The van der Waals surface area contributed by atoms with Gasteiger partial charge < -0.3 is 4.57 Å². The molecule has 48 heavy (non-hydrogen) atoms. The first-order valence-corrected chi connectivity index (χ1v) is 16.1. The number of hydrogen-bond donors (Lipinski definition) is 0. The standard InChI is InChI=1S/C45H28N2.CH4/c1-2-12-30(13-3-1)45-41-28-44-40(27-39(41)36-18-8-10-20-42(36)46-45)37-19-9-11-21-43(37)47(44)32-24-22-29(23-25-32)38-26-31-14-4-5-15-33(31)34-16-6-7-17-35(34)38;/h1-28H;1H4. The predicted molar refractivity (Wildman–Crippen MR) is 206 cm³/mol. The fraction of sp³-hybridized carbons (Fsp3) is 0.0217. The molecule has 0 spiro atoms. The van der Waals surface area contributed by atoms with Gasteiger partial charge in [-0.3, -0.25) is 0 Å². The van der Waals surface area contributed by atoms with E-state index in [1.54, 1.807) is 0 Å². The fourth-order valence-electron chi connectivity index (χ4n) is 7.59. The highest BCUT2D eigenvalue weighted by Crippen LogP contribution is 2.41. The molecule has 0 N–H and O–H groups in total. The number of para-hydroxylation sites is 2. The average Bonchev–Trinajstić information content (AvgIpc) is 3.47. The Labute approximate surface area is 279 Å². The molecule has 0 bridgehead atoms. The van der Waals surface area contributed by atoms with Crippen LogP contribution in [-0.2, 0) is 0 Å². The van der Waals surface area contributed by atoms with Crippen LogP contribution in [0.2, 0.25) is 0 Å². The van der Waals surface area contributed by atoms with Gasteiger partial charge in [0.15, 0.2) is 0 Å². The van der Waals surface area contributed by atoms with Gasteiger partial charge in [0.1, 0.15) is 0 Å². The molecule has 0 aliphatic rings. The highest BCUT2D eigenvalue weighted by Gasteiger charge is 2.18. The summed E-state index contributed by atoms with van der Waals surface area (Å²) in [6, 6.07) is 61.4. The van der Waals surface area contributed by atoms with Crippen LogP contribution in [0.3, 0.4) is 0 Å². The lowest BCUT2D eigenvalue weighted by Crippen LogP contribution is -1.95. The first-order valence-electron chi connectivity index (χ1n) is 16.1. The van der Waals surface area contributed by atoms with Crippen molar-refractivity contribution >= 4 is 65.0 Å². The lowest BCUT2D eigenvalue weighted by atomic mass is 9.93. The van der Waals surface area contributed by atoms with E-state index in [1.165, 1.54) is 65.3 Å². The van der Waals surface area contributed by atoms with Gasteiger partial charge in [-0.15, -0.1) is 0 Å². The average molecular weight is 613 g/mol. The summed E-state index contributed by atoms with van der Waals surface area (Å²) in [5.41, 5.74) is 9.12. The van der Waals surface area contributed by atoms with E-state index in [4.69, 9.17) is 4.98 Å². The first kappa shape index (κ1) is 28.0. The smallest absolute Gasteiger partial charge is 0.0788 e. The van der Waals surface area contributed by atoms with Gasteiger partial charge in [-0.2, -0.15) is 0 Å². The molecule has 0 saturated carbocycles. The third-order valence-electron chi connectivity index (χ3n) is 9.75. The lowest BCUT2D eigenvalue weighted by Gasteiger charge is -2.14. The number of rotatable bonds is 3. The van der Waals surface area contributed by atoms with Gasteiger partial charge >= 0.3 is 0 Å². The Balaban J connectivity index is 0.00000314. The summed E-state index contributed by atoms with van der Waals surface area (Å²) < 4.78 is 2.41. The van der Waals surface area contributed by atoms with Gasteiger partial charge in [-0.1, -0.05) is 135 Å². The molecule has 2 heterocycles. The number of pyridine rings is 1. The van der Waals surface area contributed by atoms with Gasteiger partial charge in [0, 0.05) is 32.8 Å². The number of benzene rings is 8. The van der Waals surface area contributed by atoms with Crippen LogP contribution < -0.4 is 0 Å². The van der Waals surface area contributed by atoms with E-state index in [0.29, 0.717) is 0 Å². The van der Waals surface area contributed by atoms with Crippen molar-refractivity contribution < 1.29 is 0 Å². The Kier molecular flexibility index (Phi) is 6.38. The summed E-state index contributed by atoms with van der Waals surface area (Å²) >= 11 is 0. The summed E-state index contributed by atoms with van der Waals surface area (Å²) in [4.78, 5) is 5.22. The maximum absolute atomic E-state index is 5.22. The first-order chi connectivity index (χ1) is 23.3. The molecule has 0 fully saturated rings. The quantitative estimate of drug-likeness (QED) is 0.182. The van der Waals surface area contributed by atoms with Gasteiger partial charge in [0.2, 0.25) is 0 Å². The summed E-state index contributed by atoms with van der Waals surface area (Å²) in [5.74, 6) is 0. The summed E-state index contributed by atoms with van der Waals surface area (Å²) in [6.07, 6.45) is 0. The highest BCUT2D eigenvalue weighted by atomic mass is 15.0. The molecule has 0 amide bonds. The summed E-state index contributed by atoms with van der Waals surface area (Å²) in [7, 11) is 0. The second-order valence-electron chi connectivity index (χ2n) is 12.3. The Hall–Kier alpha value is -6.25. The normalized spacial score (nSPS) is 11.6. The van der Waals surface area contributed by atoms with Crippen molar-refractivity contribution in [2.24, 2.45) is 0 Å². The minimum absolute atomic E-state index is 0. The van der Waals surface area contributed by atoms with Crippen LogP contribution >= 0.6 is 0 Å². The zero-order chi connectivity index (χ0) is 30.9. The van der Waals surface area contributed by atoms with E-state index < -0.39 is 0 Å². The molecule has 2 nitrogen and oxygen atoms in total. The molecular weight excluding hydrogens is 581 g/mol. The minimum Gasteiger partial charge on any atom is -0.309 e. The molecular formula is C46H32N2. The van der Waals surface area contributed by atoms with Gasteiger partial charge in [-0.05, 0) is 80.5 Å². The van der Waals surface area contributed by atoms with Crippen molar-refractivity contribution in [1.29, 1.82) is 0 Å². The third kappa shape index (κ3) is 4.16. The Bertz CT molecular complexity index is 2830. The molecule has 0 unspecified atom stereocenters. The molecule has 0 radical (unpaired) electrons. The van der Waals surface area contributed by atoms with E-state index in [1.807, 2.05) is 0 Å². The van der Waals surface area contributed by atoms with Gasteiger partial charge in [-0.25, -0.2) is 4.98 Å². The monoisotopic (exact) mass is 612 g/mol. The Morgan fingerprint density at radius 2 is 1.02 bits per heavy atom. The Morgan fingerprint density at radius 3 is 1.83 bits per heavy atom. The van der Waals surface area contributed by atoms with Crippen molar-refractivity contribution in [2.45, 2.75) is 7.43 Å². The van der Waals surface area contributed by atoms with E-state index in [-0.39, 0.29) is 7.43 Å². The zero-order valence-corrected chi connectivity index (χ0v) is 25.6. The van der Waals surface area contributed by atoms with Crippen molar-refractivity contribution in [2.75, 3.05) is 0 Å². The van der Waals surface area contributed by atoms with E-state index in [9.17, 15) is 0 Å². The van der Waals surface area contributed by atoms with Crippen LogP contribution in [0.15, 0.2) is 170 Å². The van der Waals surface area contributed by atoms with Crippen LogP contribution in [0.5, 0.6) is 0 Å². The molecule has 0 saturated heterocycles. The van der Waals surface area contributed by atoms with Crippen LogP contribution in [0.25, 0.3) is 93.1 Å². The second kappa shape index (κ2) is 10.9. The highest BCUT2D eigenvalue weighted by molar-refractivity contribution is 6.20. The summed E-state index contributed by atoms with van der Waals surface area (Å²) in [5, 5.41) is 11.2. The number of nitrogens with zero attached hydrogens (tertiary/aromatic N) is 2. The van der Waals surface area contributed by atoms with Crippen LogP contribution in [0, 0.1) is 0 Å². The molecule has 2 heteroatoms. The zero-order valence-electron chi connectivity index (χ0n) is 25.6. The van der Waals surface area contributed by atoms with E-state index in [2.05, 4.69) is 174 Å². The van der Waals surface area contributed by atoms with Crippen molar-refractivity contribution in [3.63, 3.8) is 0 Å². The third-order valence-corrected chi connectivity index (χ3v) is 9.75. The van der Waals surface area contributed by atoms with Gasteiger partial charge in [0.05, 0.1) is 22.2 Å². The van der Waals surface area contributed by atoms with Crippen LogP contribution in [0.4, 0.5) is 0 Å². The second-order valence-corrected chi connectivity index (χ2v) is 12.3. The van der Waals surface area contributed by atoms with Crippen LogP contribution in [0.1, 0.15) is 7.43 Å². The molecule has 0 atom stereocenters. The van der Waals surface area contributed by atoms with E-state index >= 15 is 0 Å². The SMILES string of the molecule is C.c1ccc(-c2nc3ccccc3c3cc4c5ccccc5n(-c5ccc(-c6cc7ccccc7c7ccccc67)cc5)c4cc23)cc1.